The third kappa shape index (κ3) is 5.83. The Kier molecular flexibility index (Phi) is 8.23. The molecule has 4 aromatic carbocycles. The summed E-state index contributed by atoms with van der Waals surface area (Å²) < 4.78 is 26.2. The van der Waals surface area contributed by atoms with Crippen LogP contribution in [0.25, 0.3) is 33.3 Å². The summed E-state index contributed by atoms with van der Waals surface area (Å²) in [5.74, 6) is 1.99. The smallest absolute Gasteiger partial charge is 0.306 e. The second-order valence-electron chi connectivity index (χ2n) is 10.8. The van der Waals surface area contributed by atoms with Crippen molar-refractivity contribution >= 4 is 27.8 Å². The highest BCUT2D eigenvalue weighted by Gasteiger charge is 2.18. The largest absolute Gasteiger partial charge is 0.493 e. The summed E-state index contributed by atoms with van der Waals surface area (Å²) in [4.78, 5) is 15.9. The van der Waals surface area contributed by atoms with Crippen LogP contribution in [0.15, 0.2) is 95.4 Å². The lowest BCUT2D eigenvalue weighted by molar-refractivity contribution is -0.141. The van der Waals surface area contributed by atoms with E-state index < -0.39 is 11.9 Å². The Bertz CT molecular complexity index is 1920. The lowest BCUT2D eigenvalue weighted by Crippen LogP contribution is -2.13. The lowest BCUT2D eigenvalue weighted by atomic mass is 10.1. The standard InChI is InChI=1S/C36H34N2O6/c1-23(36(39)40)18-19-42-32-15-9-14-30-34(32)27-12-7-8-13-29(27)38(30)21-25-16-17-31(33(20-25)41-3)43-22-28-24(2)44-35(37-28)26-10-5-4-6-11-26/h4-17,20,23H,18-19,21-22H2,1-3H3,(H,39,40)/t23-/m0/s1. The number of benzene rings is 4. The first-order chi connectivity index (χ1) is 21.4. The van der Waals surface area contributed by atoms with Crippen LogP contribution in [-0.2, 0) is 17.9 Å². The van der Waals surface area contributed by atoms with Gasteiger partial charge in [0.15, 0.2) is 11.5 Å². The van der Waals surface area contributed by atoms with E-state index in [-0.39, 0.29) is 6.61 Å². The predicted octanol–water partition coefficient (Wildman–Crippen LogP) is 7.88. The first kappa shape index (κ1) is 28.9. The molecule has 8 heteroatoms. The number of rotatable bonds is 12. The number of aryl methyl sites for hydroxylation is 1. The lowest BCUT2D eigenvalue weighted by Gasteiger charge is -2.13. The van der Waals surface area contributed by atoms with Crippen LogP contribution in [-0.4, -0.2) is 34.3 Å². The second kappa shape index (κ2) is 12.6. The molecule has 6 rings (SSSR count). The molecule has 8 nitrogen and oxygen atoms in total. The van der Waals surface area contributed by atoms with Gasteiger partial charge in [-0.3, -0.25) is 4.79 Å². The van der Waals surface area contributed by atoms with Gasteiger partial charge in [0, 0.05) is 28.4 Å². The van der Waals surface area contributed by atoms with Gasteiger partial charge in [-0.15, -0.1) is 0 Å². The molecule has 44 heavy (non-hydrogen) atoms. The molecule has 6 aromatic rings. The summed E-state index contributed by atoms with van der Waals surface area (Å²) in [6.07, 6.45) is 0.434. The van der Waals surface area contributed by atoms with E-state index in [4.69, 9.17) is 18.6 Å². The Morgan fingerprint density at radius 2 is 1.68 bits per heavy atom. The summed E-state index contributed by atoms with van der Waals surface area (Å²) in [7, 11) is 1.64. The Morgan fingerprint density at radius 3 is 2.48 bits per heavy atom. The number of carbonyl (C=O) groups is 1. The van der Waals surface area contributed by atoms with Gasteiger partial charge in [0.25, 0.3) is 0 Å². The van der Waals surface area contributed by atoms with Gasteiger partial charge in [-0.25, -0.2) is 4.98 Å². The van der Waals surface area contributed by atoms with Gasteiger partial charge in [0.2, 0.25) is 5.89 Å². The number of nitrogens with zero attached hydrogens (tertiary/aromatic N) is 2. The molecular weight excluding hydrogens is 556 g/mol. The number of hydrogen-bond donors (Lipinski definition) is 1. The van der Waals surface area contributed by atoms with E-state index in [0.717, 1.165) is 44.4 Å². The number of para-hydroxylation sites is 1. The van der Waals surface area contributed by atoms with Crippen LogP contribution in [0, 0.1) is 12.8 Å². The van der Waals surface area contributed by atoms with Crippen molar-refractivity contribution in [3.63, 3.8) is 0 Å². The number of hydrogen-bond acceptors (Lipinski definition) is 6. The fourth-order valence-electron chi connectivity index (χ4n) is 5.35. The number of fused-ring (bicyclic) bond motifs is 3. The molecule has 0 aliphatic rings. The quantitative estimate of drug-likeness (QED) is 0.155. The van der Waals surface area contributed by atoms with Crippen LogP contribution in [0.1, 0.15) is 30.4 Å². The van der Waals surface area contributed by atoms with Gasteiger partial charge < -0.3 is 28.3 Å². The molecule has 0 fully saturated rings. The molecule has 0 aliphatic heterocycles. The maximum atomic E-state index is 11.3. The van der Waals surface area contributed by atoms with Crippen LogP contribution in [0.3, 0.4) is 0 Å². The minimum Gasteiger partial charge on any atom is -0.493 e. The molecule has 1 N–H and O–H groups in total. The van der Waals surface area contributed by atoms with E-state index in [1.807, 2.05) is 79.7 Å². The summed E-state index contributed by atoms with van der Waals surface area (Å²) >= 11 is 0. The number of oxazole rings is 1. The molecule has 2 aromatic heterocycles. The molecule has 0 saturated carbocycles. The first-order valence-electron chi connectivity index (χ1n) is 14.6. The third-order valence-corrected chi connectivity index (χ3v) is 7.84. The summed E-state index contributed by atoms with van der Waals surface area (Å²) in [6.45, 7) is 4.76. The average Bonchev–Trinajstić information content (AvgIpc) is 3.58. The summed E-state index contributed by atoms with van der Waals surface area (Å²) in [5.41, 5.74) is 4.80. The van der Waals surface area contributed by atoms with Gasteiger partial charge >= 0.3 is 5.97 Å². The Hall–Kier alpha value is -5.24. The minimum atomic E-state index is -0.819. The Labute approximate surface area is 255 Å². The molecule has 0 aliphatic carbocycles. The van der Waals surface area contributed by atoms with Crippen LogP contribution in [0.2, 0.25) is 0 Å². The normalized spacial score (nSPS) is 12.0. The molecule has 0 amide bonds. The molecule has 0 spiro atoms. The second-order valence-corrected chi connectivity index (χ2v) is 10.8. The zero-order valence-corrected chi connectivity index (χ0v) is 24.9. The van der Waals surface area contributed by atoms with E-state index in [2.05, 4.69) is 27.8 Å². The molecule has 0 radical (unpaired) electrons. The highest BCUT2D eigenvalue weighted by atomic mass is 16.5. The van der Waals surface area contributed by atoms with Gasteiger partial charge in [-0.2, -0.15) is 0 Å². The van der Waals surface area contributed by atoms with E-state index in [1.54, 1.807) is 14.0 Å². The fourth-order valence-corrected chi connectivity index (χ4v) is 5.35. The molecule has 1 atom stereocenters. The maximum absolute atomic E-state index is 11.3. The van der Waals surface area contributed by atoms with E-state index in [1.165, 1.54) is 0 Å². The van der Waals surface area contributed by atoms with Crippen LogP contribution >= 0.6 is 0 Å². The average molecular weight is 591 g/mol. The van der Waals surface area contributed by atoms with Crippen molar-refractivity contribution in [3.8, 4) is 28.7 Å². The number of carboxylic acid groups (broad SMARTS) is 1. The number of ether oxygens (including phenoxy) is 3. The maximum Gasteiger partial charge on any atom is 0.306 e. The first-order valence-corrected chi connectivity index (χ1v) is 14.6. The van der Waals surface area contributed by atoms with Crippen LogP contribution in [0.5, 0.6) is 17.2 Å². The highest BCUT2D eigenvalue weighted by Crippen LogP contribution is 2.37. The van der Waals surface area contributed by atoms with E-state index in [9.17, 15) is 9.90 Å². The molecule has 0 saturated heterocycles. The molecular formula is C36H34N2O6. The van der Waals surface area contributed by atoms with Crippen molar-refractivity contribution in [1.29, 1.82) is 0 Å². The zero-order chi connectivity index (χ0) is 30.6. The van der Waals surface area contributed by atoms with Crippen molar-refractivity contribution in [1.82, 2.24) is 9.55 Å². The van der Waals surface area contributed by atoms with E-state index >= 15 is 0 Å². The van der Waals surface area contributed by atoms with Crippen molar-refractivity contribution < 1.29 is 28.5 Å². The molecule has 224 valence electrons. The number of aromatic nitrogens is 2. The van der Waals surface area contributed by atoms with Gasteiger partial charge in [0.05, 0.1) is 25.2 Å². The minimum absolute atomic E-state index is 0.249. The number of carboxylic acids is 1. The van der Waals surface area contributed by atoms with Crippen molar-refractivity contribution in [3.05, 3.63) is 108 Å². The molecule has 0 bridgehead atoms. The summed E-state index contributed by atoms with van der Waals surface area (Å²) in [5, 5.41) is 11.3. The molecule has 2 heterocycles. The molecule has 0 unspecified atom stereocenters. The van der Waals surface area contributed by atoms with Crippen LogP contribution in [0.4, 0.5) is 0 Å². The van der Waals surface area contributed by atoms with E-state index in [0.29, 0.717) is 42.7 Å². The van der Waals surface area contributed by atoms with Crippen LogP contribution < -0.4 is 14.2 Å². The van der Waals surface area contributed by atoms with Crippen molar-refractivity contribution in [2.24, 2.45) is 5.92 Å². The number of aliphatic carboxylic acids is 1. The van der Waals surface area contributed by atoms with Crippen molar-refractivity contribution in [2.45, 2.75) is 33.4 Å². The number of methoxy groups -OCH3 is 1. The Balaban J connectivity index is 1.24. The SMILES string of the molecule is COc1cc(Cn2c3ccccc3c3c(OCC[C@H](C)C(=O)O)cccc32)ccc1OCc1nc(-c2ccccc2)oc1C. The topological polar surface area (TPSA) is 96.0 Å². The van der Waals surface area contributed by atoms with Gasteiger partial charge in [-0.05, 0) is 61.4 Å². The highest BCUT2D eigenvalue weighted by molar-refractivity contribution is 6.11. The monoisotopic (exact) mass is 590 g/mol. The zero-order valence-electron chi connectivity index (χ0n) is 24.9. The third-order valence-electron chi connectivity index (χ3n) is 7.84. The Morgan fingerprint density at radius 1 is 0.909 bits per heavy atom. The van der Waals surface area contributed by atoms with Crippen molar-refractivity contribution in [2.75, 3.05) is 13.7 Å². The predicted molar refractivity (Wildman–Crippen MR) is 169 cm³/mol. The summed E-state index contributed by atoms with van der Waals surface area (Å²) in [6, 6.07) is 30.0. The van der Waals surface area contributed by atoms with Gasteiger partial charge in [-0.1, -0.05) is 55.5 Å². The fraction of sp³-hybridized carbons (Fsp3) is 0.222. The van der Waals surface area contributed by atoms with Gasteiger partial charge in [0.1, 0.15) is 23.8 Å².